The summed E-state index contributed by atoms with van der Waals surface area (Å²) < 4.78 is 6.02. The molecule has 166 valence electrons. The molecule has 0 saturated carbocycles. The summed E-state index contributed by atoms with van der Waals surface area (Å²) in [5.41, 5.74) is 3.24. The highest BCUT2D eigenvalue weighted by atomic mass is 32.2. The van der Waals surface area contributed by atoms with Crippen LogP contribution >= 0.6 is 11.8 Å². The van der Waals surface area contributed by atoms with E-state index < -0.39 is 0 Å². The van der Waals surface area contributed by atoms with Gasteiger partial charge in [0.1, 0.15) is 5.75 Å². The van der Waals surface area contributed by atoms with Crippen molar-refractivity contribution in [3.8, 4) is 5.75 Å². The normalized spacial score (nSPS) is 13.3. The van der Waals surface area contributed by atoms with Gasteiger partial charge in [-0.25, -0.2) is 0 Å². The average molecular weight is 449 g/mol. The molecule has 0 aliphatic carbocycles. The molecule has 0 unspecified atom stereocenters. The summed E-state index contributed by atoms with van der Waals surface area (Å²) in [6.45, 7) is 4.10. The Labute approximate surface area is 193 Å². The van der Waals surface area contributed by atoms with Gasteiger partial charge < -0.3 is 10.1 Å². The minimum Gasteiger partial charge on any atom is -0.494 e. The molecule has 1 aliphatic rings. The zero-order chi connectivity index (χ0) is 22.0. The van der Waals surface area contributed by atoms with Gasteiger partial charge in [0, 0.05) is 61.6 Å². The van der Waals surface area contributed by atoms with Crippen molar-refractivity contribution in [1.29, 1.82) is 0 Å². The molecule has 0 radical (unpaired) electrons. The lowest BCUT2D eigenvalue weighted by atomic mass is 10.2. The number of nitrogens with one attached hydrogen (secondary N) is 1. The second kappa shape index (κ2) is 11.6. The van der Waals surface area contributed by atoms with E-state index in [2.05, 4.69) is 38.4 Å². The van der Waals surface area contributed by atoms with Gasteiger partial charge in [0.2, 0.25) is 0 Å². The molecule has 3 heterocycles. The molecule has 1 aliphatic heterocycles. The zero-order valence-electron chi connectivity index (χ0n) is 18.1. The quantitative estimate of drug-likeness (QED) is 0.476. The Morgan fingerprint density at radius 2 is 1.94 bits per heavy atom. The summed E-state index contributed by atoms with van der Waals surface area (Å²) in [6, 6.07) is 14.0. The Kier molecular flexibility index (Phi) is 8.11. The number of nitrogens with zero attached hydrogens (tertiary/aromatic N) is 3. The molecule has 4 rings (SSSR count). The van der Waals surface area contributed by atoms with Crippen molar-refractivity contribution in [2.45, 2.75) is 24.3 Å². The molecule has 1 N–H and O–H groups in total. The summed E-state index contributed by atoms with van der Waals surface area (Å²) in [6.07, 6.45) is 9.31. The van der Waals surface area contributed by atoms with Gasteiger partial charge in [-0.3, -0.25) is 19.7 Å². The first-order chi connectivity index (χ1) is 15.8. The molecular formula is C25H28N4O2S. The third-order valence-electron chi connectivity index (χ3n) is 5.33. The number of rotatable bonds is 10. The van der Waals surface area contributed by atoms with Crippen LogP contribution in [0, 0.1) is 0 Å². The third kappa shape index (κ3) is 6.55. The van der Waals surface area contributed by atoms with E-state index in [1.54, 1.807) is 11.8 Å². The lowest BCUT2D eigenvalue weighted by Gasteiger charge is -2.22. The van der Waals surface area contributed by atoms with E-state index in [9.17, 15) is 4.79 Å². The number of amides is 1. The van der Waals surface area contributed by atoms with Crippen molar-refractivity contribution in [3.05, 3.63) is 83.9 Å². The first-order valence-electron chi connectivity index (χ1n) is 11.0. The molecule has 1 amide bonds. The maximum Gasteiger partial charge on any atom is 0.252 e. The number of aromatic nitrogens is 2. The maximum atomic E-state index is 12.1. The molecule has 2 aromatic heterocycles. The molecular weight excluding hydrogens is 420 g/mol. The van der Waals surface area contributed by atoms with Crippen LogP contribution in [0.3, 0.4) is 0 Å². The van der Waals surface area contributed by atoms with Crippen molar-refractivity contribution in [3.63, 3.8) is 0 Å². The van der Waals surface area contributed by atoms with E-state index >= 15 is 0 Å². The van der Waals surface area contributed by atoms with Crippen LogP contribution in [0.5, 0.6) is 5.75 Å². The maximum absolute atomic E-state index is 12.1. The number of carbonyl (C=O) groups is 1. The Morgan fingerprint density at radius 1 is 1.03 bits per heavy atom. The van der Waals surface area contributed by atoms with Gasteiger partial charge in [0.15, 0.2) is 0 Å². The monoisotopic (exact) mass is 448 g/mol. The zero-order valence-corrected chi connectivity index (χ0v) is 18.9. The van der Waals surface area contributed by atoms with Gasteiger partial charge in [-0.1, -0.05) is 6.07 Å². The van der Waals surface area contributed by atoms with Crippen molar-refractivity contribution in [2.75, 3.05) is 32.0 Å². The summed E-state index contributed by atoms with van der Waals surface area (Å²) in [4.78, 5) is 23.9. The lowest BCUT2D eigenvalue weighted by Crippen LogP contribution is -2.28. The number of hydrogen-bond acceptors (Lipinski definition) is 6. The molecule has 0 fully saturated rings. The summed E-state index contributed by atoms with van der Waals surface area (Å²) in [5.74, 6) is 1.70. The fourth-order valence-electron chi connectivity index (χ4n) is 3.65. The van der Waals surface area contributed by atoms with Gasteiger partial charge in [-0.15, -0.1) is 11.8 Å². The van der Waals surface area contributed by atoms with Gasteiger partial charge in [-0.05, 0) is 60.4 Å². The van der Waals surface area contributed by atoms with Gasteiger partial charge >= 0.3 is 0 Å². The van der Waals surface area contributed by atoms with E-state index in [-0.39, 0.29) is 5.91 Å². The predicted molar refractivity (Wildman–Crippen MR) is 127 cm³/mol. The smallest absolute Gasteiger partial charge is 0.252 e. The molecule has 7 heteroatoms. The van der Waals surface area contributed by atoms with Crippen LogP contribution in [0.1, 0.15) is 27.9 Å². The summed E-state index contributed by atoms with van der Waals surface area (Å²) in [7, 11) is 0. The molecule has 0 saturated heterocycles. The minimum atomic E-state index is -0.00285. The first-order valence-corrected chi connectivity index (χ1v) is 11.9. The molecule has 1 aromatic carbocycles. The highest BCUT2D eigenvalue weighted by molar-refractivity contribution is 7.99. The highest BCUT2D eigenvalue weighted by Gasteiger charge is 2.16. The Hall–Kier alpha value is -2.90. The number of hydrogen-bond donors (Lipinski definition) is 1. The standard InChI is InChI=1S/C25H28N4O2S/c30-25-23-5-4-22(17-24(23)32-16-12-28-25)31-15-2-13-29(19-21-6-10-26-11-7-21)14-8-20-3-1-9-27-18-20/h1,3-7,9-11,17-18H,2,8,12-16,19H2,(H,28,30). The van der Waals surface area contributed by atoms with Crippen LogP contribution in [-0.2, 0) is 13.0 Å². The number of fused-ring (bicyclic) bond motifs is 1. The van der Waals surface area contributed by atoms with Gasteiger partial charge in [0.05, 0.1) is 12.2 Å². The second-order valence-corrected chi connectivity index (χ2v) is 8.84. The van der Waals surface area contributed by atoms with Crippen molar-refractivity contribution in [2.24, 2.45) is 0 Å². The topological polar surface area (TPSA) is 67.3 Å². The minimum absolute atomic E-state index is 0.00285. The SMILES string of the molecule is O=C1NCCSc2cc(OCCCN(CCc3cccnc3)Cc3ccncc3)ccc21. The van der Waals surface area contributed by atoms with Crippen molar-refractivity contribution in [1.82, 2.24) is 20.2 Å². The van der Waals surface area contributed by atoms with E-state index in [4.69, 9.17) is 4.74 Å². The number of thioether (sulfide) groups is 1. The summed E-state index contributed by atoms with van der Waals surface area (Å²) in [5, 5.41) is 2.91. The Balaban J connectivity index is 1.30. The van der Waals surface area contributed by atoms with Crippen molar-refractivity contribution >= 4 is 17.7 Å². The Bertz CT molecular complexity index is 1000. The van der Waals surface area contributed by atoms with E-state index in [0.717, 1.165) is 54.4 Å². The molecule has 32 heavy (non-hydrogen) atoms. The number of carbonyl (C=O) groups excluding carboxylic acids is 1. The van der Waals surface area contributed by atoms with Crippen LogP contribution in [0.2, 0.25) is 0 Å². The third-order valence-corrected chi connectivity index (χ3v) is 6.38. The molecule has 0 spiro atoms. The summed E-state index contributed by atoms with van der Waals surface area (Å²) >= 11 is 1.70. The Morgan fingerprint density at radius 3 is 2.78 bits per heavy atom. The van der Waals surface area contributed by atoms with Crippen LogP contribution in [0.25, 0.3) is 0 Å². The van der Waals surface area contributed by atoms with Crippen molar-refractivity contribution < 1.29 is 9.53 Å². The van der Waals surface area contributed by atoms with E-state index in [0.29, 0.717) is 13.2 Å². The van der Waals surface area contributed by atoms with Crippen LogP contribution < -0.4 is 10.1 Å². The van der Waals surface area contributed by atoms with Gasteiger partial charge in [-0.2, -0.15) is 0 Å². The van der Waals surface area contributed by atoms with E-state index in [1.165, 1.54) is 11.1 Å². The fraction of sp³-hybridized carbons (Fsp3) is 0.320. The molecule has 0 atom stereocenters. The highest BCUT2D eigenvalue weighted by Crippen LogP contribution is 2.28. The molecule has 0 bridgehead atoms. The van der Waals surface area contributed by atoms with E-state index in [1.807, 2.05) is 49.1 Å². The second-order valence-electron chi connectivity index (χ2n) is 7.71. The fourth-order valence-corrected chi connectivity index (χ4v) is 4.59. The van der Waals surface area contributed by atoms with Crippen LogP contribution in [0.15, 0.2) is 72.1 Å². The molecule has 3 aromatic rings. The van der Waals surface area contributed by atoms with Crippen LogP contribution in [-0.4, -0.2) is 52.8 Å². The number of pyridine rings is 2. The van der Waals surface area contributed by atoms with Crippen LogP contribution in [0.4, 0.5) is 0 Å². The number of benzene rings is 1. The molecule has 6 nitrogen and oxygen atoms in total. The lowest BCUT2D eigenvalue weighted by molar-refractivity contribution is 0.0954. The van der Waals surface area contributed by atoms with Gasteiger partial charge in [0.25, 0.3) is 5.91 Å². The predicted octanol–water partition coefficient (Wildman–Crippen LogP) is 3.83. The number of ether oxygens (including phenoxy) is 1. The first kappa shape index (κ1) is 22.3. The largest absolute Gasteiger partial charge is 0.494 e. The average Bonchev–Trinajstić information content (AvgIpc) is 3.02.